The molecule has 0 saturated heterocycles. The number of hydrogen-bond acceptors (Lipinski definition) is 3. The Balaban J connectivity index is 2.09. The summed E-state index contributed by atoms with van der Waals surface area (Å²) in [5.41, 5.74) is 3.23. The third-order valence-corrected chi connectivity index (χ3v) is 6.45. The van der Waals surface area contributed by atoms with Crippen molar-refractivity contribution in [2.24, 2.45) is 7.05 Å². The Morgan fingerprint density at radius 1 is 1.07 bits per heavy atom. The lowest BCUT2D eigenvalue weighted by atomic mass is 10.1. The predicted octanol–water partition coefficient (Wildman–Crippen LogP) is 4.07. The van der Waals surface area contributed by atoms with Crippen LogP contribution in [-0.2, 0) is 17.1 Å². The zero-order valence-electron chi connectivity index (χ0n) is 15.7. The molecule has 1 heterocycles. The van der Waals surface area contributed by atoms with Crippen LogP contribution in [0.2, 0.25) is 5.02 Å². The third kappa shape index (κ3) is 4.08. The highest BCUT2D eigenvalue weighted by Gasteiger charge is 2.28. The molecule has 0 unspecified atom stereocenters. The van der Waals surface area contributed by atoms with Crippen molar-refractivity contribution in [2.75, 3.05) is 0 Å². The van der Waals surface area contributed by atoms with Crippen LogP contribution < -0.4 is 4.72 Å². The molecule has 27 heavy (non-hydrogen) atoms. The normalized spacial score (nSPS) is 12.9. The molecule has 0 bridgehead atoms. The molecule has 0 aliphatic rings. The fraction of sp³-hybridized carbons (Fsp3) is 0.250. The zero-order valence-corrected chi connectivity index (χ0v) is 17.3. The minimum atomic E-state index is -3.77. The molecule has 0 amide bonds. The van der Waals surface area contributed by atoms with Gasteiger partial charge in [-0.1, -0.05) is 41.4 Å². The van der Waals surface area contributed by atoms with Crippen molar-refractivity contribution in [3.63, 3.8) is 0 Å². The Morgan fingerprint density at radius 2 is 1.67 bits per heavy atom. The minimum absolute atomic E-state index is 0.307. The number of imidazole rings is 1. The lowest BCUT2D eigenvalue weighted by molar-refractivity contribution is 0.561. The van der Waals surface area contributed by atoms with Crippen molar-refractivity contribution in [3.8, 4) is 0 Å². The van der Waals surface area contributed by atoms with Crippen molar-refractivity contribution in [2.45, 2.75) is 31.7 Å². The highest BCUT2D eigenvalue weighted by molar-refractivity contribution is 7.89. The summed E-state index contributed by atoms with van der Waals surface area (Å²) >= 11 is 6.00. The first-order valence-corrected chi connectivity index (χ1v) is 10.4. The van der Waals surface area contributed by atoms with Gasteiger partial charge < -0.3 is 4.57 Å². The monoisotopic (exact) mass is 403 g/mol. The second kappa shape index (κ2) is 7.46. The molecule has 0 fully saturated rings. The van der Waals surface area contributed by atoms with Crippen LogP contribution in [-0.4, -0.2) is 18.0 Å². The fourth-order valence-electron chi connectivity index (χ4n) is 3.39. The predicted molar refractivity (Wildman–Crippen MR) is 107 cm³/mol. The van der Waals surface area contributed by atoms with Gasteiger partial charge in [0.05, 0.1) is 4.90 Å². The van der Waals surface area contributed by atoms with Crippen LogP contribution in [0.15, 0.2) is 53.7 Å². The topological polar surface area (TPSA) is 64.0 Å². The van der Waals surface area contributed by atoms with Gasteiger partial charge in [-0.2, -0.15) is 4.72 Å². The molecule has 3 aromatic rings. The van der Waals surface area contributed by atoms with E-state index in [0.717, 1.165) is 22.3 Å². The van der Waals surface area contributed by atoms with Gasteiger partial charge in [0.1, 0.15) is 11.9 Å². The Bertz CT molecular complexity index is 1050. The maximum atomic E-state index is 13.3. The molecule has 1 aromatic heterocycles. The summed E-state index contributed by atoms with van der Waals surface area (Å²) in [6.07, 6.45) is 3.43. The Hall–Kier alpha value is -2.15. The number of halogens is 1. The number of aryl methyl sites for hydroxylation is 4. The molecule has 1 atom stereocenters. The highest BCUT2D eigenvalue weighted by Crippen LogP contribution is 2.27. The summed E-state index contributed by atoms with van der Waals surface area (Å²) in [5, 5.41) is 0.588. The number of rotatable bonds is 5. The summed E-state index contributed by atoms with van der Waals surface area (Å²) < 4.78 is 31.2. The second-order valence-electron chi connectivity index (χ2n) is 6.73. The van der Waals surface area contributed by atoms with Gasteiger partial charge in [0, 0.05) is 24.5 Å². The first kappa shape index (κ1) is 19.6. The summed E-state index contributed by atoms with van der Waals surface area (Å²) in [4.78, 5) is 4.66. The maximum Gasteiger partial charge on any atom is 0.242 e. The van der Waals surface area contributed by atoms with E-state index in [-0.39, 0.29) is 0 Å². The Kier molecular flexibility index (Phi) is 5.42. The largest absolute Gasteiger partial charge is 0.336 e. The Labute approximate surface area is 165 Å². The van der Waals surface area contributed by atoms with Gasteiger partial charge in [-0.3, -0.25) is 0 Å². The van der Waals surface area contributed by atoms with Crippen molar-refractivity contribution < 1.29 is 8.42 Å². The highest BCUT2D eigenvalue weighted by atomic mass is 35.5. The maximum absolute atomic E-state index is 13.3. The van der Waals surface area contributed by atoms with Crippen LogP contribution in [0.3, 0.4) is 0 Å². The summed E-state index contributed by atoms with van der Waals surface area (Å²) in [6, 6.07) is 10.2. The first-order valence-electron chi connectivity index (χ1n) is 8.52. The van der Waals surface area contributed by atoms with E-state index < -0.39 is 16.1 Å². The molecule has 0 radical (unpaired) electrons. The number of benzene rings is 2. The van der Waals surface area contributed by atoms with E-state index in [2.05, 4.69) is 9.71 Å². The quantitative estimate of drug-likeness (QED) is 0.698. The van der Waals surface area contributed by atoms with Crippen LogP contribution in [0.4, 0.5) is 0 Å². The summed E-state index contributed by atoms with van der Waals surface area (Å²) in [5.74, 6) is 0.600. The van der Waals surface area contributed by atoms with Crippen molar-refractivity contribution in [1.82, 2.24) is 14.3 Å². The van der Waals surface area contributed by atoms with Gasteiger partial charge in [-0.15, -0.1) is 0 Å². The number of nitrogens with zero attached hydrogens (tertiary/aromatic N) is 2. The average Bonchev–Trinajstić information content (AvgIpc) is 2.98. The molecule has 7 heteroatoms. The molecule has 142 valence electrons. The molecule has 0 aliphatic heterocycles. The minimum Gasteiger partial charge on any atom is -0.336 e. The van der Waals surface area contributed by atoms with Crippen LogP contribution in [0.25, 0.3) is 0 Å². The van der Waals surface area contributed by atoms with Gasteiger partial charge in [0.25, 0.3) is 0 Å². The number of hydrogen-bond donors (Lipinski definition) is 1. The lowest BCUT2D eigenvalue weighted by Gasteiger charge is -2.21. The molecule has 0 aliphatic carbocycles. The van der Waals surface area contributed by atoms with Crippen LogP contribution in [0.5, 0.6) is 0 Å². The molecule has 0 spiro atoms. The van der Waals surface area contributed by atoms with Crippen LogP contribution in [0.1, 0.15) is 34.1 Å². The molecular weight excluding hydrogens is 382 g/mol. The zero-order chi connectivity index (χ0) is 19.8. The fourth-order valence-corrected chi connectivity index (χ4v) is 5.15. The SMILES string of the molecule is Cc1cc(C)c(S(=O)(=O)N[C@@H](c2ccc(Cl)cc2)c2nccn2C)c(C)c1. The van der Waals surface area contributed by atoms with E-state index >= 15 is 0 Å². The van der Waals surface area contributed by atoms with Gasteiger partial charge >= 0.3 is 0 Å². The van der Waals surface area contributed by atoms with Crippen molar-refractivity contribution in [3.05, 3.63) is 81.9 Å². The molecule has 1 N–H and O–H groups in total. The molecule has 0 saturated carbocycles. The van der Waals surface area contributed by atoms with Gasteiger partial charge in [0.2, 0.25) is 10.0 Å². The van der Waals surface area contributed by atoms with E-state index in [4.69, 9.17) is 11.6 Å². The van der Waals surface area contributed by atoms with E-state index in [9.17, 15) is 8.42 Å². The molecular formula is C20H22ClN3O2S. The van der Waals surface area contributed by atoms with Crippen LogP contribution >= 0.6 is 11.6 Å². The van der Waals surface area contributed by atoms with Gasteiger partial charge in [-0.05, 0) is 49.6 Å². The van der Waals surface area contributed by atoms with E-state index in [0.29, 0.717) is 15.7 Å². The lowest BCUT2D eigenvalue weighted by Crippen LogP contribution is -2.32. The summed E-state index contributed by atoms with van der Waals surface area (Å²) in [7, 11) is -1.94. The number of aromatic nitrogens is 2. The molecule has 2 aromatic carbocycles. The number of nitrogens with one attached hydrogen (secondary N) is 1. The second-order valence-corrected chi connectivity index (χ2v) is 8.82. The van der Waals surface area contributed by atoms with E-state index in [1.807, 2.05) is 40.0 Å². The number of sulfonamides is 1. The first-order chi connectivity index (χ1) is 12.7. The average molecular weight is 404 g/mol. The summed E-state index contributed by atoms with van der Waals surface area (Å²) in [6.45, 7) is 5.58. The van der Waals surface area contributed by atoms with E-state index in [1.165, 1.54) is 0 Å². The third-order valence-electron chi connectivity index (χ3n) is 4.47. The van der Waals surface area contributed by atoms with Gasteiger partial charge in [0.15, 0.2) is 0 Å². The van der Waals surface area contributed by atoms with E-state index in [1.54, 1.807) is 41.2 Å². The van der Waals surface area contributed by atoms with Crippen molar-refractivity contribution >= 4 is 21.6 Å². The van der Waals surface area contributed by atoms with Crippen LogP contribution in [0, 0.1) is 20.8 Å². The Morgan fingerprint density at radius 3 is 2.19 bits per heavy atom. The standard InChI is InChI=1S/C20H22ClN3O2S/c1-13-11-14(2)19(15(3)12-13)27(25,26)23-18(20-22-9-10-24(20)4)16-5-7-17(21)8-6-16/h5-12,18,23H,1-4H3/t18-/m0/s1. The van der Waals surface area contributed by atoms with Crippen molar-refractivity contribution in [1.29, 1.82) is 0 Å². The smallest absolute Gasteiger partial charge is 0.242 e. The molecule has 3 rings (SSSR count). The van der Waals surface area contributed by atoms with Gasteiger partial charge in [-0.25, -0.2) is 13.4 Å². The molecule has 5 nitrogen and oxygen atoms in total.